The summed E-state index contributed by atoms with van der Waals surface area (Å²) in [4.78, 5) is 17.5. The van der Waals surface area contributed by atoms with Crippen LogP contribution in [0, 0.1) is 13.8 Å². The fourth-order valence-corrected chi connectivity index (χ4v) is 3.74. The summed E-state index contributed by atoms with van der Waals surface area (Å²) in [7, 11) is 0. The molecule has 2 N–H and O–H groups in total. The lowest BCUT2D eigenvalue weighted by atomic mass is 10.0. The van der Waals surface area contributed by atoms with Crippen LogP contribution < -0.4 is 10.6 Å². The summed E-state index contributed by atoms with van der Waals surface area (Å²) in [5.41, 5.74) is 6.08. The van der Waals surface area contributed by atoms with E-state index >= 15 is 0 Å². The van der Waals surface area contributed by atoms with Crippen LogP contribution in [0.25, 0.3) is 5.69 Å². The van der Waals surface area contributed by atoms with E-state index in [1.54, 1.807) is 12.5 Å². The van der Waals surface area contributed by atoms with Gasteiger partial charge in [0.25, 0.3) is 0 Å². The molecule has 162 valence electrons. The Morgan fingerprint density at radius 3 is 2.38 bits per heavy atom. The van der Waals surface area contributed by atoms with Crippen LogP contribution in [0.3, 0.4) is 0 Å². The van der Waals surface area contributed by atoms with Gasteiger partial charge in [0.05, 0.1) is 6.33 Å². The maximum absolute atomic E-state index is 13.4. The highest BCUT2D eigenvalue weighted by atomic mass is 16.2. The minimum atomic E-state index is -0.487. The molecule has 1 amide bonds. The van der Waals surface area contributed by atoms with Gasteiger partial charge in [-0.05, 0) is 61.2 Å². The first kappa shape index (κ1) is 21.5. The number of aromatic nitrogens is 2. The minimum Gasteiger partial charge on any atom is -0.324 e. The SMILES string of the molecule is Cc1ccc(C)c(NC(=O)[C@@H](N[C@@H](C)c2ccc(-n3ccnc3)cc2)c2ccccc2)c1. The van der Waals surface area contributed by atoms with Crippen LogP contribution in [0.2, 0.25) is 0 Å². The Labute approximate surface area is 189 Å². The highest BCUT2D eigenvalue weighted by Crippen LogP contribution is 2.24. The average molecular weight is 425 g/mol. The van der Waals surface area contributed by atoms with Gasteiger partial charge in [0, 0.05) is 29.8 Å². The molecule has 5 heteroatoms. The molecule has 0 bridgehead atoms. The van der Waals surface area contributed by atoms with Crippen molar-refractivity contribution in [2.75, 3.05) is 5.32 Å². The second kappa shape index (κ2) is 9.62. The molecule has 3 aromatic carbocycles. The smallest absolute Gasteiger partial charge is 0.246 e. The van der Waals surface area contributed by atoms with Gasteiger partial charge in [-0.15, -0.1) is 0 Å². The van der Waals surface area contributed by atoms with E-state index in [0.717, 1.165) is 33.6 Å². The van der Waals surface area contributed by atoms with Crippen molar-refractivity contribution in [1.82, 2.24) is 14.9 Å². The van der Waals surface area contributed by atoms with Crippen molar-refractivity contribution in [3.8, 4) is 5.69 Å². The summed E-state index contributed by atoms with van der Waals surface area (Å²) in [6.07, 6.45) is 5.45. The number of benzene rings is 3. The van der Waals surface area contributed by atoms with Gasteiger partial charge in [0.15, 0.2) is 0 Å². The summed E-state index contributed by atoms with van der Waals surface area (Å²) < 4.78 is 1.96. The minimum absolute atomic E-state index is 0.0265. The monoisotopic (exact) mass is 424 g/mol. The van der Waals surface area contributed by atoms with E-state index in [2.05, 4.69) is 46.8 Å². The molecule has 0 saturated carbocycles. The number of nitrogens with zero attached hydrogens (tertiary/aromatic N) is 2. The van der Waals surface area contributed by atoms with Gasteiger partial charge in [0.1, 0.15) is 6.04 Å². The molecular formula is C27H28N4O. The van der Waals surface area contributed by atoms with Gasteiger partial charge in [-0.2, -0.15) is 0 Å². The van der Waals surface area contributed by atoms with E-state index in [0.29, 0.717) is 0 Å². The fourth-order valence-electron chi connectivity index (χ4n) is 3.74. The van der Waals surface area contributed by atoms with E-state index in [1.165, 1.54) is 0 Å². The number of carbonyl (C=O) groups excluding carboxylic acids is 1. The van der Waals surface area contributed by atoms with Crippen molar-refractivity contribution in [2.24, 2.45) is 0 Å². The first-order chi connectivity index (χ1) is 15.5. The second-order valence-electron chi connectivity index (χ2n) is 8.10. The number of carbonyl (C=O) groups is 1. The summed E-state index contributed by atoms with van der Waals surface area (Å²) in [6.45, 7) is 6.11. The lowest BCUT2D eigenvalue weighted by Crippen LogP contribution is -2.34. The number of hydrogen-bond donors (Lipinski definition) is 2. The molecule has 4 aromatic rings. The summed E-state index contributed by atoms with van der Waals surface area (Å²) >= 11 is 0. The Bertz CT molecular complexity index is 1170. The van der Waals surface area contributed by atoms with Crippen LogP contribution in [0.4, 0.5) is 5.69 Å². The van der Waals surface area contributed by atoms with Crippen molar-refractivity contribution < 1.29 is 4.79 Å². The van der Waals surface area contributed by atoms with Crippen LogP contribution in [-0.2, 0) is 4.79 Å². The van der Waals surface area contributed by atoms with Gasteiger partial charge >= 0.3 is 0 Å². The highest BCUT2D eigenvalue weighted by molar-refractivity contribution is 5.96. The molecule has 32 heavy (non-hydrogen) atoms. The van der Waals surface area contributed by atoms with E-state index in [9.17, 15) is 4.79 Å². The molecule has 0 aliphatic carbocycles. The first-order valence-electron chi connectivity index (χ1n) is 10.8. The molecule has 2 atom stereocenters. The van der Waals surface area contributed by atoms with Gasteiger partial charge in [-0.25, -0.2) is 4.98 Å². The average Bonchev–Trinajstić information content (AvgIpc) is 3.35. The number of rotatable bonds is 7. The summed E-state index contributed by atoms with van der Waals surface area (Å²) in [5, 5.41) is 6.65. The van der Waals surface area contributed by atoms with Crippen LogP contribution in [0.5, 0.6) is 0 Å². The molecule has 0 fully saturated rings. The quantitative estimate of drug-likeness (QED) is 0.411. The standard InChI is InChI=1S/C27H28N4O/c1-19-9-10-20(2)25(17-19)30-27(32)26(23-7-5-4-6-8-23)29-21(3)22-11-13-24(14-12-22)31-16-15-28-18-31/h4-18,21,26,29H,1-3H3,(H,30,32)/t21-,26-/m0/s1. The summed E-state index contributed by atoms with van der Waals surface area (Å²) in [5.74, 6) is -0.0771. The molecule has 0 spiro atoms. The fraction of sp³-hybridized carbons (Fsp3) is 0.185. The van der Waals surface area contributed by atoms with Crippen molar-refractivity contribution in [3.05, 3.63) is 114 Å². The molecule has 5 nitrogen and oxygen atoms in total. The zero-order valence-corrected chi connectivity index (χ0v) is 18.6. The van der Waals surface area contributed by atoms with Gasteiger partial charge in [0.2, 0.25) is 5.91 Å². The zero-order chi connectivity index (χ0) is 22.5. The Balaban J connectivity index is 1.55. The molecular weight excluding hydrogens is 396 g/mol. The number of nitrogens with one attached hydrogen (secondary N) is 2. The molecule has 1 aromatic heterocycles. The van der Waals surface area contributed by atoms with E-state index < -0.39 is 6.04 Å². The van der Waals surface area contributed by atoms with Crippen LogP contribution >= 0.6 is 0 Å². The van der Waals surface area contributed by atoms with Crippen molar-refractivity contribution in [2.45, 2.75) is 32.9 Å². The van der Waals surface area contributed by atoms with Gasteiger partial charge in [-0.1, -0.05) is 54.6 Å². The van der Waals surface area contributed by atoms with Crippen molar-refractivity contribution in [1.29, 1.82) is 0 Å². The third-order valence-corrected chi connectivity index (χ3v) is 5.66. The van der Waals surface area contributed by atoms with Gasteiger partial charge < -0.3 is 9.88 Å². The molecule has 0 unspecified atom stereocenters. The Kier molecular flexibility index (Phi) is 6.47. The van der Waals surface area contributed by atoms with E-state index in [1.807, 2.05) is 73.1 Å². The Morgan fingerprint density at radius 1 is 0.938 bits per heavy atom. The summed E-state index contributed by atoms with van der Waals surface area (Å²) in [6, 6.07) is 23.7. The molecule has 4 rings (SSSR count). The van der Waals surface area contributed by atoms with Gasteiger partial charge in [-0.3, -0.25) is 10.1 Å². The lowest BCUT2D eigenvalue weighted by Gasteiger charge is -2.24. The van der Waals surface area contributed by atoms with Crippen molar-refractivity contribution >= 4 is 11.6 Å². The van der Waals surface area contributed by atoms with Crippen LogP contribution in [-0.4, -0.2) is 15.5 Å². The van der Waals surface area contributed by atoms with E-state index in [4.69, 9.17) is 0 Å². The Hall–Kier alpha value is -3.70. The maximum atomic E-state index is 13.4. The number of amides is 1. The number of anilines is 1. The number of aryl methyl sites for hydroxylation is 2. The third kappa shape index (κ3) is 4.95. The Morgan fingerprint density at radius 2 is 1.69 bits per heavy atom. The number of imidazole rings is 1. The lowest BCUT2D eigenvalue weighted by molar-refractivity contribution is -0.118. The first-order valence-corrected chi connectivity index (χ1v) is 10.8. The molecule has 1 heterocycles. The predicted molar refractivity (Wildman–Crippen MR) is 129 cm³/mol. The highest BCUT2D eigenvalue weighted by Gasteiger charge is 2.23. The molecule has 0 aliphatic heterocycles. The van der Waals surface area contributed by atoms with Crippen molar-refractivity contribution in [3.63, 3.8) is 0 Å². The maximum Gasteiger partial charge on any atom is 0.246 e. The topological polar surface area (TPSA) is 59.0 Å². The number of hydrogen-bond acceptors (Lipinski definition) is 3. The van der Waals surface area contributed by atoms with E-state index in [-0.39, 0.29) is 11.9 Å². The molecule has 0 aliphatic rings. The van der Waals surface area contributed by atoms with Crippen LogP contribution in [0.1, 0.15) is 41.3 Å². The molecule has 0 radical (unpaired) electrons. The third-order valence-electron chi connectivity index (χ3n) is 5.66. The second-order valence-corrected chi connectivity index (χ2v) is 8.10. The predicted octanol–water partition coefficient (Wildman–Crippen LogP) is 5.52. The van der Waals surface area contributed by atoms with Crippen LogP contribution in [0.15, 0.2) is 91.5 Å². The molecule has 0 saturated heterocycles. The normalized spacial score (nSPS) is 12.8. The zero-order valence-electron chi connectivity index (χ0n) is 18.6. The largest absolute Gasteiger partial charge is 0.324 e.